The van der Waals surface area contributed by atoms with Gasteiger partial charge >= 0.3 is 5.97 Å². The number of hydrogen-bond acceptors (Lipinski definition) is 4. The second kappa shape index (κ2) is 9.19. The Kier molecular flexibility index (Phi) is 6.80. The molecule has 1 aromatic rings. The fraction of sp³-hybridized carbons (Fsp3) is 0.500. The Labute approximate surface area is 181 Å². The van der Waals surface area contributed by atoms with Crippen molar-refractivity contribution < 1.29 is 23.4 Å². The number of hydrogen-bond donors (Lipinski definition) is 1. The molecule has 1 heterocycles. The molecule has 1 saturated heterocycles. The monoisotopic (exact) mass is 430 g/mol. The lowest BCUT2D eigenvalue weighted by Gasteiger charge is -2.34. The van der Waals surface area contributed by atoms with Crippen LogP contribution in [-0.4, -0.2) is 53.6 Å². The molecular formula is C24H28F2N2O3. The number of nitriles is 1. The molecule has 7 heteroatoms. The smallest absolute Gasteiger partial charge is 0.335 e. The molecule has 31 heavy (non-hydrogen) atoms. The van der Waals surface area contributed by atoms with Gasteiger partial charge in [-0.3, -0.25) is 0 Å². The van der Waals surface area contributed by atoms with Crippen LogP contribution in [0.4, 0.5) is 8.78 Å². The molecule has 1 atom stereocenters. The van der Waals surface area contributed by atoms with E-state index in [9.17, 15) is 13.6 Å². The third-order valence-corrected chi connectivity index (χ3v) is 5.74. The summed E-state index contributed by atoms with van der Waals surface area (Å²) in [4.78, 5) is 13.3. The summed E-state index contributed by atoms with van der Waals surface area (Å²) >= 11 is 0. The number of halogens is 2. The van der Waals surface area contributed by atoms with Crippen LogP contribution in [-0.2, 0) is 4.79 Å². The van der Waals surface area contributed by atoms with Gasteiger partial charge in [-0.25, -0.2) is 13.6 Å². The molecular weight excluding hydrogens is 402 g/mol. The van der Waals surface area contributed by atoms with E-state index in [1.807, 2.05) is 0 Å². The van der Waals surface area contributed by atoms with Crippen molar-refractivity contribution in [2.45, 2.75) is 44.4 Å². The molecule has 5 nitrogen and oxygen atoms in total. The molecule has 0 bridgehead atoms. The van der Waals surface area contributed by atoms with Gasteiger partial charge in [-0.05, 0) is 75.0 Å². The molecule has 2 aliphatic rings. The SMILES string of the molecule is CC(C)(F)CN1CCC(COc2ccc(C3=CC=C(C(=O)O)C(F)(C#N)C3)cc2)CC1. The summed E-state index contributed by atoms with van der Waals surface area (Å²) in [5, 5.41) is 18.3. The Morgan fingerprint density at radius 3 is 2.48 bits per heavy atom. The highest BCUT2D eigenvalue weighted by atomic mass is 19.1. The van der Waals surface area contributed by atoms with Gasteiger partial charge in [0.1, 0.15) is 17.5 Å². The number of allylic oxidation sites excluding steroid dienone is 3. The van der Waals surface area contributed by atoms with Gasteiger partial charge in [-0.2, -0.15) is 5.26 Å². The number of aliphatic carboxylic acids is 1. The van der Waals surface area contributed by atoms with Gasteiger partial charge in [0.15, 0.2) is 0 Å². The first-order chi connectivity index (χ1) is 14.6. The van der Waals surface area contributed by atoms with Gasteiger partial charge in [0.2, 0.25) is 5.67 Å². The standard InChI is InChI=1S/C24H28F2N2O3/c1-23(2,25)16-28-11-9-17(10-12-28)14-31-20-6-3-18(4-7-20)19-5-8-21(22(29)30)24(26,13-19)15-27/h3-8,17H,9-14,16H2,1-2H3,(H,29,30). The Hall–Kier alpha value is -2.72. The Morgan fingerprint density at radius 2 is 1.94 bits per heavy atom. The Balaban J connectivity index is 1.55. The highest BCUT2D eigenvalue weighted by Crippen LogP contribution is 2.37. The average molecular weight is 430 g/mol. The largest absolute Gasteiger partial charge is 0.493 e. The minimum absolute atomic E-state index is 0.309. The second-order valence-electron chi connectivity index (χ2n) is 8.94. The van der Waals surface area contributed by atoms with E-state index in [4.69, 9.17) is 15.1 Å². The van der Waals surface area contributed by atoms with E-state index in [-0.39, 0.29) is 6.42 Å². The summed E-state index contributed by atoms with van der Waals surface area (Å²) in [7, 11) is 0. The summed E-state index contributed by atoms with van der Waals surface area (Å²) in [6.45, 7) is 5.97. The maximum Gasteiger partial charge on any atom is 0.335 e. The van der Waals surface area contributed by atoms with Crippen LogP contribution in [0.3, 0.4) is 0 Å². The van der Waals surface area contributed by atoms with E-state index >= 15 is 0 Å². The third kappa shape index (κ3) is 5.92. The van der Waals surface area contributed by atoms with Crippen LogP contribution in [0.2, 0.25) is 0 Å². The summed E-state index contributed by atoms with van der Waals surface area (Å²) in [5.41, 5.74) is -2.99. The summed E-state index contributed by atoms with van der Waals surface area (Å²) < 4.78 is 34.5. The van der Waals surface area contributed by atoms with E-state index in [0.717, 1.165) is 32.0 Å². The first-order valence-corrected chi connectivity index (χ1v) is 10.5. The number of piperidine rings is 1. The summed E-state index contributed by atoms with van der Waals surface area (Å²) in [6, 6.07) is 8.64. The van der Waals surface area contributed by atoms with E-state index in [0.29, 0.717) is 36.0 Å². The number of ether oxygens (including phenoxy) is 1. The summed E-state index contributed by atoms with van der Waals surface area (Å²) in [5.74, 6) is -0.314. The average Bonchev–Trinajstić information content (AvgIpc) is 2.72. The third-order valence-electron chi connectivity index (χ3n) is 5.74. The number of nitrogens with zero attached hydrogens (tertiary/aromatic N) is 2. The topological polar surface area (TPSA) is 73.6 Å². The van der Waals surface area contributed by atoms with E-state index < -0.39 is 22.9 Å². The minimum Gasteiger partial charge on any atom is -0.493 e. The lowest BCUT2D eigenvalue weighted by Crippen LogP contribution is -2.41. The number of carboxylic acid groups (broad SMARTS) is 1. The Bertz CT molecular complexity index is 904. The quantitative estimate of drug-likeness (QED) is 0.687. The van der Waals surface area contributed by atoms with Crippen molar-refractivity contribution in [3.8, 4) is 11.8 Å². The first kappa shape index (κ1) is 23.0. The van der Waals surface area contributed by atoms with Gasteiger partial charge in [-0.1, -0.05) is 18.2 Å². The first-order valence-electron chi connectivity index (χ1n) is 10.5. The van der Waals surface area contributed by atoms with Crippen molar-refractivity contribution in [1.29, 1.82) is 5.26 Å². The normalized spacial score (nSPS) is 22.9. The number of likely N-dealkylation sites (tertiary alicyclic amines) is 1. The lowest BCUT2D eigenvalue weighted by molar-refractivity contribution is -0.133. The van der Waals surface area contributed by atoms with Crippen molar-refractivity contribution in [3.05, 3.63) is 47.6 Å². The van der Waals surface area contributed by atoms with Crippen molar-refractivity contribution >= 4 is 11.5 Å². The molecule has 3 rings (SSSR count). The molecule has 0 aromatic heterocycles. The molecule has 0 radical (unpaired) electrons. The van der Waals surface area contributed by atoms with Crippen LogP contribution in [0.15, 0.2) is 42.0 Å². The highest BCUT2D eigenvalue weighted by molar-refractivity contribution is 5.93. The number of carbonyl (C=O) groups is 1. The van der Waals surface area contributed by atoms with Gasteiger partial charge in [0, 0.05) is 13.0 Å². The van der Waals surface area contributed by atoms with Crippen LogP contribution in [0.5, 0.6) is 5.75 Å². The van der Waals surface area contributed by atoms with Gasteiger partial charge in [-0.15, -0.1) is 0 Å². The molecule has 1 N–H and O–H groups in total. The van der Waals surface area contributed by atoms with Crippen LogP contribution in [0.25, 0.3) is 5.57 Å². The van der Waals surface area contributed by atoms with Gasteiger partial charge < -0.3 is 14.7 Å². The van der Waals surface area contributed by atoms with Crippen molar-refractivity contribution in [1.82, 2.24) is 4.90 Å². The second-order valence-corrected chi connectivity index (χ2v) is 8.94. The molecule has 0 spiro atoms. The molecule has 166 valence electrons. The molecule has 0 saturated carbocycles. The van der Waals surface area contributed by atoms with E-state index in [1.165, 1.54) is 6.07 Å². The maximum absolute atomic E-state index is 14.8. The van der Waals surface area contributed by atoms with Crippen LogP contribution in [0.1, 0.15) is 38.7 Å². The molecule has 1 aromatic carbocycles. The van der Waals surface area contributed by atoms with Crippen molar-refractivity contribution in [2.75, 3.05) is 26.2 Å². The van der Waals surface area contributed by atoms with Gasteiger partial charge in [0.05, 0.1) is 12.2 Å². The molecule has 1 fully saturated rings. The lowest BCUT2D eigenvalue weighted by atomic mass is 9.83. The fourth-order valence-electron chi connectivity index (χ4n) is 4.09. The zero-order valence-corrected chi connectivity index (χ0v) is 17.9. The summed E-state index contributed by atoms with van der Waals surface area (Å²) in [6.07, 6.45) is 4.32. The minimum atomic E-state index is -2.54. The number of carboxylic acids is 1. The van der Waals surface area contributed by atoms with Crippen LogP contribution < -0.4 is 4.74 Å². The molecule has 1 aliphatic heterocycles. The predicted molar refractivity (Wildman–Crippen MR) is 114 cm³/mol. The van der Waals surface area contributed by atoms with Crippen LogP contribution >= 0.6 is 0 Å². The molecule has 1 aliphatic carbocycles. The molecule has 1 unspecified atom stereocenters. The number of alkyl halides is 2. The molecule has 0 amide bonds. The highest BCUT2D eigenvalue weighted by Gasteiger charge is 2.41. The number of rotatable bonds is 7. The van der Waals surface area contributed by atoms with E-state index in [2.05, 4.69) is 4.90 Å². The number of benzene rings is 1. The van der Waals surface area contributed by atoms with E-state index in [1.54, 1.807) is 44.2 Å². The van der Waals surface area contributed by atoms with Crippen LogP contribution in [0, 0.1) is 17.2 Å². The van der Waals surface area contributed by atoms with Crippen molar-refractivity contribution in [3.63, 3.8) is 0 Å². The zero-order chi connectivity index (χ0) is 22.6. The van der Waals surface area contributed by atoms with Crippen molar-refractivity contribution in [2.24, 2.45) is 5.92 Å². The fourth-order valence-corrected chi connectivity index (χ4v) is 4.09. The Morgan fingerprint density at radius 1 is 1.29 bits per heavy atom. The predicted octanol–water partition coefficient (Wildman–Crippen LogP) is 4.56. The van der Waals surface area contributed by atoms with Gasteiger partial charge in [0.25, 0.3) is 0 Å². The zero-order valence-electron chi connectivity index (χ0n) is 17.9. The maximum atomic E-state index is 14.8.